The molecule has 290 valence electrons. The zero-order valence-electron chi connectivity index (χ0n) is 29.4. The number of hydrogen-bond acceptors (Lipinski definition) is 13. The molecule has 17 nitrogen and oxygen atoms in total. The maximum Gasteiger partial charge on any atom is 0.248 e. The Morgan fingerprint density at radius 3 is 1.65 bits per heavy atom. The molecule has 1 saturated carbocycles. The third-order valence-corrected chi connectivity index (χ3v) is 11.1. The summed E-state index contributed by atoms with van der Waals surface area (Å²) in [7, 11) is -7.38. The number of nitrogens with zero attached hydrogens (tertiary/aromatic N) is 9. The number of nitrogens with one attached hydrogen (secondary N) is 2. The van der Waals surface area contributed by atoms with Gasteiger partial charge in [0.1, 0.15) is 0 Å². The van der Waals surface area contributed by atoms with Gasteiger partial charge in [0.05, 0.1) is 35.1 Å². The van der Waals surface area contributed by atoms with Crippen LogP contribution in [0.25, 0.3) is 22.8 Å². The van der Waals surface area contributed by atoms with Crippen molar-refractivity contribution >= 4 is 20.0 Å². The van der Waals surface area contributed by atoms with E-state index in [0.717, 1.165) is 5.56 Å². The van der Waals surface area contributed by atoms with Gasteiger partial charge in [-0.3, -0.25) is 4.98 Å². The summed E-state index contributed by atoms with van der Waals surface area (Å²) in [5, 5.41) is 42.9. The Labute approximate surface area is 310 Å². The molecule has 1 aliphatic carbocycles. The van der Waals surface area contributed by atoms with Gasteiger partial charge in [-0.2, -0.15) is 9.59 Å². The number of sulfonamides is 2. The molecule has 0 saturated heterocycles. The van der Waals surface area contributed by atoms with E-state index in [-0.39, 0.29) is 41.6 Å². The molecule has 0 unspecified atom stereocenters. The molecule has 0 amide bonds. The van der Waals surface area contributed by atoms with Crippen LogP contribution >= 0.6 is 0 Å². The Bertz CT molecular complexity index is 2160. The third-order valence-electron chi connectivity index (χ3n) is 8.22. The van der Waals surface area contributed by atoms with Crippen LogP contribution in [-0.4, -0.2) is 104 Å². The summed E-state index contributed by atoms with van der Waals surface area (Å²) in [6.07, 6.45) is 2.46. The van der Waals surface area contributed by atoms with Crippen LogP contribution in [0.3, 0.4) is 0 Å². The number of benzene rings is 2. The Hall–Kier alpha value is -4.67. The van der Waals surface area contributed by atoms with E-state index in [1.807, 2.05) is 12.1 Å². The molecule has 5 aromatic rings. The molecular weight excluding hydrogens is 749 g/mol. The van der Waals surface area contributed by atoms with Gasteiger partial charge in [0.25, 0.3) is 0 Å². The van der Waals surface area contributed by atoms with Crippen LogP contribution in [0.15, 0.2) is 82.8 Å². The van der Waals surface area contributed by atoms with Crippen LogP contribution in [0.4, 0.5) is 8.78 Å². The SMILES string of the molecule is C[C@@H](O)CNS(=O)(=O)c1ccc(-c2nnn(CC3CCC(F)(F)CC3)n2)cc1.C[C@@H](O)CNS(=O)(=O)c1ccc(-c2nnn(Cc3ccncc3)n2)cc1. The summed E-state index contributed by atoms with van der Waals surface area (Å²) >= 11 is 0. The number of tetrazole rings is 2. The van der Waals surface area contributed by atoms with Crippen molar-refractivity contribution in [2.24, 2.45) is 5.92 Å². The fourth-order valence-electron chi connectivity index (χ4n) is 5.22. The van der Waals surface area contributed by atoms with Gasteiger partial charge in [-0.25, -0.2) is 35.1 Å². The molecule has 54 heavy (non-hydrogen) atoms. The number of halogens is 2. The lowest BCUT2D eigenvalue weighted by atomic mass is 9.87. The second kappa shape index (κ2) is 17.6. The summed E-state index contributed by atoms with van der Waals surface area (Å²) in [5.74, 6) is -1.74. The maximum absolute atomic E-state index is 13.2. The largest absolute Gasteiger partial charge is 0.392 e. The lowest BCUT2D eigenvalue weighted by Crippen LogP contribution is -2.30. The van der Waals surface area contributed by atoms with Gasteiger partial charge >= 0.3 is 0 Å². The van der Waals surface area contributed by atoms with Crippen LogP contribution < -0.4 is 9.44 Å². The van der Waals surface area contributed by atoms with E-state index in [1.165, 1.54) is 47.7 Å². The monoisotopic (exact) mass is 789 g/mol. The van der Waals surface area contributed by atoms with E-state index in [2.05, 4.69) is 45.2 Å². The van der Waals surface area contributed by atoms with Gasteiger partial charge < -0.3 is 10.2 Å². The topological polar surface area (TPSA) is 233 Å². The van der Waals surface area contributed by atoms with Gasteiger partial charge in [-0.15, -0.1) is 20.4 Å². The van der Waals surface area contributed by atoms with E-state index in [0.29, 0.717) is 48.7 Å². The lowest BCUT2D eigenvalue weighted by molar-refractivity contribution is -0.0480. The van der Waals surface area contributed by atoms with E-state index >= 15 is 0 Å². The van der Waals surface area contributed by atoms with Crippen LogP contribution in [-0.2, 0) is 33.1 Å². The Kier molecular flexibility index (Phi) is 13.2. The second-order valence-corrected chi connectivity index (χ2v) is 16.5. The first-order valence-corrected chi connectivity index (χ1v) is 19.9. The molecule has 21 heteroatoms. The molecule has 2 atom stereocenters. The van der Waals surface area contributed by atoms with Gasteiger partial charge in [-0.05, 0) is 109 Å². The van der Waals surface area contributed by atoms with Crippen LogP contribution in [0.1, 0.15) is 45.1 Å². The number of aliphatic hydroxyl groups excluding tert-OH is 2. The Morgan fingerprint density at radius 2 is 1.19 bits per heavy atom. The highest BCUT2D eigenvalue weighted by Gasteiger charge is 2.35. The highest BCUT2D eigenvalue weighted by atomic mass is 32.2. The lowest BCUT2D eigenvalue weighted by Gasteiger charge is -2.27. The van der Waals surface area contributed by atoms with Gasteiger partial charge in [0, 0.05) is 49.5 Å². The fraction of sp³-hybridized carbons (Fsp3) is 0.424. The minimum Gasteiger partial charge on any atom is -0.392 e. The number of aliphatic hydroxyl groups is 2. The molecule has 4 N–H and O–H groups in total. The maximum atomic E-state index is 13.2. The normalized spacial score (nSPS) is 16.0. The first kappa shape index (κ1) is 40.5. The highest BCUT2D eigenvalue weighted by molar-refractivity contribution is 7.89. The number of hydrogen-bond donors (Lipinski definition) is 4. The highest BCUT2D eigenvalue weighted by Crippen LogP contribution is 2.36. The van der Waals surface area contributed by atoms with Crippen molar-refractivity contribution in [1.82, 2.24) is 54.8 Å². The van der Waals surface area contributed by atoms with Gasteiger partial charge in [0.15, 0.2) is 0 Å². The minimum atomic E-state index is -3.71. The van der Waals surface area contributed by atoms with Crippen molar-refractivity contribution in [3.63, 3.8) is 0 Å². The van der Waals surface area contributed by atoms with Crippen molar-refractivity contribution in [2.75, 3.05) is 13.1 Å². The van der Waals surface area contributed by atoms with Crippen molar-refractivity contribution in [3.8, 4) is 22.8 Å². The quantitative estimate of drug-likeness (QED) is 0.127. The molecule has 0 spiro atoms. The smallest absolute Gasteiger partial charge is 0.248 e. The molecule has 0 aliphatic heterocycles. The van der Waals surface area contributed by atoms with Crippen molar-refractivity contribution in [3.05, 3.63) is 78.6 Å². The van der Waals surface area contributed by atoms with Gasteiger partial charge in [-0.1, -0.05) is 0 Å². The van der Waals surface area contributed by atoms with E-state index in [9.17, 15) is 35.8 Å². The van der Waals surface area contributed by atoms with Crippen molar-refractivity contribution in [1.29, 1.82) is 0 Å². The van der Waals surface area contributed by atoms with Crippen molar-refractivity contribution < 1.29 is 35.8 Å². The molecule has 3 aromatic heterocycles. The Balaban J connectivity index is 0.000000208. The standard InChI is InChI=1S/C17H23F2N5O3S.C16H18N6O3S/c1-12(25)10-20-28(26,27)15-4-2-14(3-5-15)16-21-23-24(22-16)11-13-6-8-17(18,19)9-7-13;1-12(23)10-18-26(24,25)15-4-2-14(3-5-15)16-19-21-22(20-16)11-13-6-8-17-9-7-13/h2-5,12-13,20,25H,6-11H2,1H3;2-9,12,18,23H,10-11H2,1H3/t2*12-/m11/s1. The number of aromatic nitrogens is 9. The summed E-state index contributed by atoms with van der Waals surface area (Å²) in [6, 6.07) is 15.9. The predicted octanol–water partition coefficient (Wildman–Crippen LogP) is 2.27. The first-order chi connectivity index (χ1) is 25.6. The molecule has 3 heterocycles. The summed E-state index contributed by atoms with van der Waals surface area (Å²) in [6.45, 7) is 3.76. The number of alkyl halides is 2. The third kappa shape index (κ3) is 11.7. The molecule has 2 aromatic carbocycles. The number of rotatable bonds is 14. The van der Waals surface area contributed by atoms with Crippen LogP contribution in [0.2, 0.25) is 0 Å². The molecular formula is C33H41F2N11O6S2. The molecule has 6 rings (SSSR count). The summed E-state index contributed by atoms with van der Waals surface area (Å²) < 4.78 is 79.6. The minimum absolute atomic E-state index is 0.0467. The number of pyridine rings is 1. The molecule has 1 fully saturated rings. The van der Waals surface area contributed by atoms with Crippen molar-refractivity contribution in [2.45, 2.75) is 80.5 Å². The van der Waals surface area contributed by atoms with Crippen LogP contribution in [0.5, 0.6) is 0 Å². The van der Waals surface area contributed by atoms with Crippen LogP contribution in [0, 0.1) is 5.92 Å². The zero-order valence-corrected chi connectivity index (χ0v) is 31.1. The fourth-order valence-corrected chi connectivity index (χ4v) is 7.46. The first-order valence-electron chi connectivity index (χ1n) is 17.0. The molecule has 1 aliphatic rings. The van der Waals surface area contributed by atoms with Gasteiger partial charge in [0.2, 0.25) is 37.6 Å². The Morgan fingerprint density at radius 1 is 0.741 bits per heavy atom. The average molecular weight is 790 g/mol. The average Bonchev–Trinajstić information content (AvgIpc) is 3.82. The summed E-state index contributed by atoms with van der Waals surface area (Å²) in [4.78, 5) is 6.98. The van der Waals surface area contributed by atoms with E-state index in [4.69, 9.17) is 0 Å². The van der Waals surface area contributed by atoms with E-state index < -0.39 is 38.2 Å². The summed E-state index contributed by atoms with van der Waals surface area (Å²) in [5.41, 5.74) is 2.24. The molecule has 0 bridgehead atoms. The van der Waals surface area contributed by atoms with E-state index in [1.54, 1.807) is 36.7 Å². The second-order valence-electron chi connectivity index (χ2n) is 12.9. The molecule has 0 radical (unpaired) electrons. The zero-order chi connectivity index (χ0) is 38.9. The predicted molar refractivity (Wildman–Crippen MR) is 190 cm³/mol.